The number of nitrogens with zero attached hydrogens (tertiary/aromatic N) is 1. The molecule has 0 spiro atoms. The third kappa shape index (κ3) is 4.26. The van der Waals surface area contributed by atoms with Crippen LogP contribution in [0.15, 0.2) is 60.2 Å². The maximum Gasteiger partial charge on any atom is 0.300 e. The average molecular weight is 520 g/mol. The van der Waals surface area contributed by atoms with Crippen LogP contribution in [0.1, 0.15) is 22.7 Å². The first-order valence-corrected chi connectivity index (χ1v) is 11.7. The van der Waals surface area contributed by atoms with Gasteiger partial charge in [0.1, 0.15) is 22.8 Å². The summed E-state index contributed by atoms with van der Waals surface area (Å²) in [7, 11) is 7.30. The third-order valence-corrected chi connectivity index (χ3v) is 6.49. The second-order valence-corrected chi connectivity index (χ2v) is 8.45. The minimum absolute atomic E-state index is 0.143. The van der Waals surface area contributed by atoms with Crippen LogP contribution in [0.2, 0.25) is 0 Å². The number of para-hydroxylation sites is 1. The number of rotatable bonds is 8. The Morgan fingerprint density at radius 3 is 1.82 bits per heavy atom. The highest BCUT2D eigenvalue weighted by Crippen LogP contribution is 2.49. The maximum absolute atomic E-state index is 13.7. The standard InChI is InChI=1S/C29H29NO8/c1-16-10-7-8-11-18(16)30-25(17-14-21(36-4)28(38-6)22(15-17)37-5)24(27(32)29(30)33)26(31)23-19(34-2)12-9-13-20(23)35-3/h7-15,25,31H,1-6H3/b26-24+. The summed E-state index contributed by atoms with van der Waals surface area (Å²) in [6, 6.07) is 14.4. The number of anilines is 1. The smallest absolute Gasteiger partial charge is 0.300 e. The van der Waals surface area contributed by atoms with Gasteiger partial charge in [0, 0.05) is 5.69 Å². The molecule has 198 valence electrons. The molecule has 1 N–H and O–H groups in total. The Morgan fingerprint density at radius 2 is 1.32 bits per heavy atom. The summed E-state index contributed by atoms with van der Waals surface area (Å²) < 4.78 is 27.5. The number of carbonyl (C=O) groups is 2. The Hall–Kier alpha value is -4.66. The normalized spacial score (nSPS) is 16.4. The van der Waals surface area contributed by atoms with Gasteiger partial charge in [-0.2, -0.15) is 0 Å². The van der Waals surface area contributed by atoms with Gasteiger partial charge >= 0.3 is 0 Å². The molecule has 1 fully saturated rings. The van der Waals surface area contributed by atoms with Gasteiger partial charge in [-0.25, -0.2) is 0 Å². The van der Waals surface area contributed by atoms with Crippen LogP contribution in [-0.4, -0.2) is 52.3 Å². The zero-order valence-electron chi connectivity index (χ0n) is 22.0. The summed E-state index contributed by atoms with van der Waals surface area (Å²) in [6.45, 7) is 1.84. The quantitative estimate of drug-likeness (QED) is 0.260. The van der Waals surface area contributed by atoms with Crippen molar-refractivity contribution in [2.24, 2.45) is 0 Å². The van der Waals surface area contributed by atoms with Crippen LogP contribution in [0.4, 0.5) is 5.69 Å². The van der Waals surface area contributed by atoms with E-state index in [1.165, 1.54) is 40.4 Å². The minimum Gasteiger partial charge on any atom is -0.506 e. The highest BCUT2D eigenvalue weighted by molar-refractivity contribution is 6.52. The number of aliphatic hydroxyl groups excluding tert-OH is 1. The molecule has 1 aliphatic rings. The molecule has 0 bridgehead atoms. The van der Waals surface area contributed by atoms with Crippen LogP contribution in [0.5, 0.6) is 28.7 Å². The fraction of sp³-hybridized carbons (Fsp3) is 0.241. The molecule has 9 nitrogen and oxygen atoms in total. The lowest BCUT2D eigenvalue weighted by Gasteiger charge is -2.28. The number of carbonyl (C=O) groups excluding carboxylic acids is 2. The molecule has 1 atom stereocenters. The van der Waals surface area contributed by atoms with Crippen molar-refractivity contribution in [1.82, 2.24) is 0 Å². The average Bonchev–Trinajstić information content (AvgIpc) is 3.21. The maximum atomic E-state index is 13.7. The zero-order valence-corrected chi connectivity index (χ0v) is 22.0. The van der Waals surface area contributed by atoms with Crippen LogP contribution in [-0.2, 0) is 9.59 Å². The number of Topliss-reactive ketones (excluding diaryl/α,β-unsaturated/α-hetero) is 1. The Bertz CT molecular complexity index is 1380. The first kappa shape index (κ1) is 26.4. The molecule has 1 heterocycles. The number of hydrogen-bond acceptors (Lipinski definition) is 8. The number of aryl methyl sites for hydroxylation is 1. The number of benzene rings is 3. The zero-order chi connectivity index (χ0) is 27.6. The fourth-order valence-corrected chi connectivity index (χ4v) is 4.71. The van der Waals surface area contributed by atoms with E-state index in [2.05, 4.69) is 0 Å². The number of ketones is 1. The molecule has 0 saturated carbocycles. The number of ether oxygens (including phenoxy) is 5. The molecule has 0 aromatic heterocycles. The van der Waals surface area contributed by atoms with Gasteiger partial charge in [-0.3, -0.25) is 14.5 Å². The summed E-state index contributed by atoms with van der Waals surface area (Å²) in [4.78, 5) is 28.6. The van der Waals surface area contributed by atoms with Crippen molar-refractivity contribution in [2.45, 2.75) is 13.0 Å². The first-order chi connectivity index (χ1) is 18.3. The van der Waals surface area contributed by atoms with Gasteiger partial charge in [-0.05, 0) is 48.4 Å². The summed E-state index contributed by atoms with van der Waals surface area (Å²) in [5.74, 6) is -0.559. The van der Waals surface area contributed by atoms with Gasteiger partial charge < -0.3 is 28.8 Å². The molecule has 38 heavy (non-hydrogen) atoms. The highest BCUT2D eigenvalue weighted by atomic mass is 16.5. The van der Waals surface area contributed by atoms with Gasteiger partial charge in [0.25, 0.3) is 11.7 Å². The second-order valence-electron chi connectivity index (χ2n) is 8.45. The van der Waals surface area contributed by atoms with Gasteiger partial charge in [0.2, 0.25) is 5.75 Å². The molecule has 4 rings (SSSR count). The van der Waals surface area contributed by atoms with Crippen molar-refractivity contribution in [3.63, 3.8) is 0 Å². The topological polar surface area (TPSA) is 104 Å². The molecule has 9 heteroatoms. The summed E-state index contributed by atoms with van der Waals surface area (Å²) in [5.41, 5.74) is 1.74. The molecular formula is C29H29NO8. The van der Waals surface area contributed by atoms with E-state index in [9.17, 15) is 14.7 Å². The summed E-state index contributed by atoms with van der Waals surface area (Å²) in [5, 5.41) is 11.7. The van der Waals surface area contributed by atoms with E-state index < -0.39 is 23.5 Å². The van der Waals surface area contributed by atoms with Crippen molar-refractivity contribution in [3.05, 3.63) is 76.9 Å². The van der Waals surface area contributed by atoms with Crippen molar-refractivity contribution in [2.75, 3.05) is 40.4 Å². The third-order valence-electron chi connectivity index (χ3n) is 6.49. The van der Waals surface area contributed by atoms with Crippen LogP contribution in [0, 0.1) is 6.92 Å². The molecule has 1 unspecified atom stereocenters. The summed E-state index contributed by atoms with van der Waals surface area (Å²) >= 11 is 0. The number of aliphatic hydroxyl groups is 1. The Kier molecular flexibility index (Phi) is 7.47. The molecular weight excluding hydrogens is 490 g/mol. The Balaban J connectivity index is 2.10. The molecule has 1 aliphatic heterocycles. The lowest BCUT2D eigenvalue weighted by Crippen LogP contribution is -2.30. The minimum atomic E-state index is -1.04. The number of amides is 1. The van der Waals surface area contributed by atoms with Crippen LogP contribution >= 0.6 is 0 Å². The van der Waals surface area contributed by atoms with Crippen LogP contribution in [0.3, 0.4) is 0 Å². The van der Waals surface area contributed by atoms with E-state index in [1.54, 1.807) is 42.5 Å². The second kappa shape index (κ2) is 10.8. The van der Waals surface area contributed by atoms with Gasteiger partial charge in [-0.15, -0.1) is 0 Å². The van der Waals surface area contributed by atoms with Crippen molar-refractivity contribution in [3.8, 4) is 28.7 Å². The SMILES string of the molecule is COc1cc(C2/C(=C(\O)c3c(OC)cccc3OC)C(=O)C(=O)N2c2ccccc2C)cc(OC)c1OC. The first-order valence-electron chi connectivity index (χ1n) is 11.7. The predicted molar refractivity (Wildman–Crippen MR) is 142 cm³/mol. The largest absolute Gasteiger partial charge is 0.506 e. The molecule has 3 aromatic carbocycles. The molecule has 3 aromatic rings. The number of methoxy groups -OCH3 is 5. The van der Waals surface area contributed by atoms with Crippen molar-refractivity contribution in [1.29, 1.82) is 0 Å². The van der Waals surface area contributed by atoms with E-state index in [0.717, 1.165) is 5.56 Å². The van der Waals surface area contributed by atoms with Crippen molar-refractivity contribution >= 4 is 23.1 Å². The van der Waals surface area contributed by atoms with Gasteiger partial charge in [0.05, 0.1) is 47.2 Å². The van der Waals surface area contributed by atoms with E-state index in [0.29, 0.717) is 28.5 Å². The lowest BCUT2D eigenvalue weighted by molar-refractivity contribution is -0.132. The lowest BCUT2D eigenvalue weighted by atomic mass is 9.93. The Labute approximate surface area is 220 Å². The molecule has 1 amide bonds. The fourth-order valence-electron chi connectivity index (χ4n) is 4.71. The molecule has 0 aliphatic carbocycles. The van der Waals surface area contributed by atoms with Crippen LogP contribution < -0.4 is 28.6 Å². The predicted octanol–water partition coefficient (Wildman–Crippen LogP) is 4.66. The van der Waals surface area contributed by atoms with E-state index in [-0.39, 0.29) is 22.6 Å². The monoisotopic (exact) mass is 519 g/mol. The van der Waals surface area contributed by atoms with Crippen molar-refractivity contribution < 1.29 is 38.4 Å². The molecule has 1 saturated heterocycles. The van der Waals surface area contributed by atoms with Gasteiger partial charge in [-0.1, -0.05) is 24.3 Å². The van der Waals surface area contributed by atoms with E-state index >= 15 is 0 Å². The molecule has 0 radical (unpaired) electrons. The van der Waals surface area contributed by atoms with Gasteiger partial charge in [0.15, 0.2) is 11.5 Å². The Morgan fingerprint density at radius 1 is 0.763 bits per heavy atom. The highest BCUT2D eigenvalue weighted by Gasteiger charge is 2.48. The summed E-state index contributed by atoms with van der Waals surface area (Å²) in [6.07, 6.45) is 0. The number of hydrogen-bond donors (Lipinski definition) is 1. The van der Waals surface area contributed by atoms with Crippen LogP contribution in [0.25, 0.3) is 5.76 Å². The van der Waals surface area contributed by atoms with E-state index in [4.69, 9.17) is 23.7 Å². The van der Waals surface area contributed by atoms with E-state index in [1.807, 2.05) is 19.1 Å².